The van der Waals surface area contributed by atoms with Gasteiger partial charge >= 0.3 is 0 Å². The maximum atomic E-state index is 13.2. The number of carbonyl (C=O) groups excluding carboxylic acids is 1. The predicted molar refractivity (Wildman–Crippen MR) is 148 cm³/mol. The van der Waals surface area contributed by atoms with Crippen LogP contribution in [0.15, 0.2) is 71.9 Å². The number of ketones is 1. The maximum absolute atomic E-state index is 13.2. The molecular formula is C30H33N3O3S. The number of thioether (sulfide) groups is 1. The van der Waals surface area contributed by atoms with Gasteiger partial charge in [-0.15, -0.1) is 10.2 Å². The van der Waals surface area contributed by atoms with Crippen LogP contribution in [0.2, 0.25) is 0 Å². The Morgan fingerprint density at radius 1 is 0.946 bits per heavy atom. The van der Waals surface area contributed by atoms with Crippen LogP contribution in [0.4, 0.5) is 0 Å². The number of benzene rings is 3. The Labute approximate surface area is 223 Å². The van der Waals surface area contributed by atoms with E-state index in [-0.39, 0.29) is 17.6 Å². The molecule has 1 aromatic heterocycles. The van der Waals surface area contributed by atoms with Crippen LogP contribution in [0.25, 0.3) is 5.69 Å². The molecule has 1 atom stereocenters. The van der Waals surface area contributed by atoms with Crippen LogP contribution in [-0.2, 0) is 0 Å². The highest BCUT2D eigenvalue weighted by atomic mass is 32.2. The molecule has 0 radical (unpaired) electrons. The molecule has 4 aromatic rings. The Hall–Kier alpha value is -3.58. The van der Waals surface area contributed by atoms with E-state index in [0.717, 1.165) is 28.3 Å². The van der Waals surface area contributed by atoms with Crippen molar-refractivity contribution in [2.45, 2.75) is 51.8 Å². The predicted octanol–water partition coefficient (Wildman–Crippen LogP) is 7.13. The van der Waals surface area contributed by atoms with Gasteiger partial charge < -0.3 is 9.47 Å². The molecule has 192 valence electrons. The molecule has 0 bridgehead atoms. The number of aromatic nitrogens is 3. The van der Waals surface area contributed by atoms with E-state index in [1.807, 2.05) is 79.9 Å². The van der Waals surface area contributed by atoms with Gasteiger partial charge in [0.2, 0.25) is 0 Å². The lowest BCUT2D eigenvalue weighted by molar-refractivity contribution is 0.102. The molecule has 0 aliphatic heterocycles. The molecule has 0 amide bonds. The zero-order valence-corrected chi connectivity index (χ0v) is 23.0. The number of carbonyl (C=O) groups is 1. The van der Waals surface area contributed by atoms with Crippen molar-refractivity contribution < 1.29 is 14.3 Å². The third-order valence-corrected chi connectivity index (χ3v) is 7.20. The van der Waals surface area contributed by atoms with Crippen molar-refractivity contribution in [1.82, 2.24) is 14.8 Å². The molecule has 1 unspecified atom stereocenters. The first kappa shape index (κ1) is 26.5. The van der Waals surface area contributed by atoms with E-state index in [4.69, 9.17) is 9.47 Å². The van der Waals surface area contributed by atoms with Crippen molar-refractivity contribution in [1.29, 1.82) is 0 Å². The van der Waals surface area contributed by atoms with Crippen LogP contribution in [0.3, 0.4) is 0 Å². The first-order valence-electron chi connectivity index (χ1n) is 12.4. The largest absolute Gasteiger partial charge is 0.496 e. The third kappa shape index (κ3) is 6.05. The van der Waals surface area contributed by atoms with Crippen molar-refractivity contribution in [3.63, 3.8) is 0 Å². The topological polar surface area (TPSA) is 66.2 Å². The van der Waals surface area contributed by atoms with E-state index >= 15 is 0 Å². The number of methoxy groups -OCH3 is 1. The second-order valence-electron chi connectivity index (χ2n) is 9.34. The van der Waals surface area contributed by atoms with Crippen molar-refractivity contribution in [2.24, 2.45) is 0 Å². The average Bonchev–Trinajstić information content (AvgIpc) is 3.33. The minimum absolute atomic E-state index is 0.0342. The molecule has 0 aliphatic carbocycles. The van der Waals surface area contributed by atoms with Crippen molar-refractivity contribution in [3.05, 3.63) is 94.8 Å². The highest BCUT2D eigenvalue weighted by Crippen LogP contribution is 2.30. The Morgan fingerprint density at radius 3 is 2.30 bits per heavy atom. The number of ether oxygens (including phenoxy) is 2. The van der Waals surface area contributed by atoms with E-state index in [1.165, 1.54) is 17.3 Å². The minimum Gasteiger partial charge on any atom is -0.496 e. The van der Waals surface area contributed by atoms with Crippen molar-refractivity contribution in [2.75, 3.05) is 12.9 Å². The quantitative estimate of drug-likeness (QED) is 0.165. The van der Waals surface area contributed by atoms with Crippen LogP contribution in [0, 0.1) is 13.8 Å². The molecule has 1 heterocycles. The molecule has 0 saturated carbocycles. The first-order valence-corrected chi connectivity index (χ1v) is 13.4. The molecule has 7 heteroatoms. The average molecular weight is 516 g/mol. The number of para-hydroxylation sites is 1. The van der Waals surface area contributed by atoms with Crippen LogP contribution in [0.1, 0.15) is 65.7 Å². The summed E-state index contributed by atoms with van der Waals surface area (Å²) in [4.78, 5) is 13.2. The molecule has 4 rings (SSSR count). The van der Waals surface area contributed by atoms with Gasteiger partial charge in [0.05, 0.1) is 12.9 Å². The Balaban J connectivity index is 1.58. The second-order valence-corrected chi connectivity index (χ2v) is 10.3. The van der Waals surface area contributed by atoms with Gasteiger partial charge in [0.15, 0.2) is 22.9 Å². The Morgan fingerprint density at radius 2 is 1.65 bits per heavy atom. The lowest BCUT2D eigenvalue weighted by Gasteiger charge is -2.17. The summed E-state index contributed by atoms with van der Waals surface area (Å²) in [6.45, 7) is 10.2. The minimum atomic E-state index is -0.353. The summed E-state index contributed by atoms with van der Waals surface area (Å²) in [6.07, 6.45) is -0.353. The zero-order valence-electron chi connectivity index (χ0n) is 22.2. The van der Waals surface area contributed by atoms with Gasteiger partial charge in [-0.3, -0.25) is 9.36 Å². The molecular weight excluding hydrogens is 482 g/mol. The SMILES string of the molecule is COc1cc(C)c(C(=O)CSc2nnc(C(C)Oc3ccc(C(C)C)cc3)n2-c2ccccc2)cc1C. The van der Waals surface area contributed by atoms with Gasteiger partial charge in [-0.1, -0.05) is 55.9 Å². The van der Waals surface area contributed by atoms with Gasteiger partial charge in [-0.25, -0.2) is 0 Å². The third-order valence-electron chi connectivity index (χ3n) is 6.27. The van der Waals surface area contributed by atoms with Crippen LogP contribution in [-0.4, -0.2) is 33.4 Å². The van der Waals surface area contributed by atoms with Gasteiger partial charge in [0.25, 0.3) is 0 Å². The summed E-state index contributed by atoms with van der Waals surface area (Å²) in [5.41, 5.74) is 4.70. The van der Waals surface area contributed by atoms with Crippen LogP contribution < -0.4 is 9.47 Å². The summed E-state index contributed by atoms with van der Waals surface area (Å²) in [5.74, 6) is 2.96. The second kappa shape index (κ2) is 11.6. The normalized spacial score (nSPS) is 12.0. The summed E-state index contributed by atoms with van der Waals surface area (Å²) in [6, 6.07) is 21.9. The number of Topliss-reactive ketones (excluding diaryl/α,β-unsaturated/α-hetero) is 1. The fourth-order valence-electron chi connectivity index (χ4n) is 4.16. The summed E-state index contributed by atoms with van der Waals surface area (Å²) < 4.78 is 13.6. The maximum Gasteiger partial charge on any atom is 0.196 e. The lowest BCUT2D eigenvalue weighted by Crippen LogP contribution is -2.12. The highest BCUT2D eigenvalue weighted by Gasteiger charge is 2.22. The van der Waals surface area contributed by atoms with Crippen molar-refractivity contribution >= 4 is 17.5 Å². The molecule has 6 nitrogen and oxygen atoms in total. The molecule has 3 aromatic carbocycles. The number of aryl methyl sites for hydroxylation is 2. The number of hydrogen-bond donors (Lipinski definition) is 0. The van der Waals surface area contributed by atoms with E-state index in [2.05, 4.69) is 36.2 Å². The summed E-state index contributed by atoms with van der Waals surface area (Å²) >= 11 is 1.37. The lowest BCUT2D eigenvalue weighted by atomic mass is 10.0. The monoisotopic (exact) mass is 515 g/mol. The number of hydrogen-bond acceptors (Lipinski definition) is 6. The van der Waals surface area contributed by atoms with Gasteiger partial charge in [0, 0.05) is 11.3 Å². The molecule has 0 aliphatic rings. The van der Waals surface area contributed by atoms with Gasteiger partial charge in [-0.05, 0) is 79.8 Å². The number of rotatable bonds is 10. The fraction of sp³-hybridized carbons (Fsp3) is 0.300. The molecule has 37 heavy (non-hydrogen) atoms. The van der Waals surface area contributed by atoms with E-state index in [0.29, 0.717) is 22.5 Å². The van der Waals surface area contributed by atoms with Gasteiger partial charge in [-0.2, -0.15) is 0 Å². The van der Waals surface area contributed by atoms with E-state index in [9.17, 15) is 4.79 Å². The molecule has 0 N–H and O–H groups in total. The summed E-state index contributed by atoms with van der Waals surface area (Å²) in [5, 5.41) is 9.57. The first-order chi connectivity index (χ1) is 17.8. The zero-order chi connectivity index (χ0) is 26.5. The standard InChI is InChI=1S/C30H33N3O3S/c1-19(2)23-12-14-25(15-13-23)36-22(5)29-31-32-30(33(29)24-10-8-7-9-11-24)37-18-27(34)26-16-21(4)28(35-6)17-20(26)3/h7-17,19,22H,18H2,1-6H3. The molecule has 0 saturated heterocycles. The van der Waals surface area contributed by atoms with Crippen molar-refractivity contribution in [3.8, 4) is 17.2 Å². The van der Waals surface area contributed by atoms with Crippen LogP contribution >= 0.6 is 11.8 Å². The fourth-order valence-corrected chi connectivity index (χ4v) is 5.01. The molecule has 0 spiro atoms. The van der Waals surface area contributed by atoms with E-state index < -0.39 is 0 Å². The Bertz CT molecular complexity index is 1370. The highest BCUT2D eigenvalue weighted by molar-refractivity contribution is 7.99. The Kier molecular flexibility index (Phi) is 8.34. The van der Waals surface area contributed by atoms with Gasteiger partial charge in [0.1, 0.15) is 11.5 Å². The van der Waals surface area contributed by atoms with E-state index in [1.54, 1.807) is 7.11 Å². The molecule has 0 fully saturated rings. The number of nitrogens with zero attached hydrogens (tertiary/aromatic N) is 3. The smallest absolute Gasteiger partial charge is 0.196 e. The summed E-state index contributed by atoms with van der Waals surface area (Å²) in [7, 11) is 1.64. The van der Waals surface area contributed by atoms with Crippen LogP contribution in [0.5, 0.6) is 11.5 Å².